The number of hydrogen-bond donors (Lipinski definition) is 2. The number of benzene rings is 1. The Morgan fingerprint density at radius 1 is 1.41 bits per heavy atom. The van der Waals surface area contributed by atoms with Gasteiger partial charge in [-0.1, -0.05) is 29.8 Å². The summed E-state index contributed by atoms with van der Waals surface area (Å²) in [5, 5.41) is 10.7. The molecule has 0 heterocycles. The standard InChI is InChI=1S/C13H20ClNO2/c1-2-17-8-7-13(16)11(9-15)10-5-3-4-6-12(10)14/h3-6,11,13,16H,2,7-9,15H2,1H3. The van der Waals surface area contributed by atoms with E-state index in [4.69, 9.17) is 22.1 Å². The zero-order valence-electron chi connectivity index (χ0n) is 10.1. The largest absolute Gasteiger partial charge is 0.392 e. The summed E-state index contributed by atoms with van der Waals surface area (Å²) in [4.78, 5) is 0. The molecule has 0 amide bonds. The summed E-state index contributed by atoms with van der Waals surface area (Å²) in [5.74, 6) is -0.135. The molecule has 0 spiro atoms. The Kier molecular flexibility index (Phi) is 6.52. The van der Waals surface area contributed by atoms with Gasteiger partial charge in [-0.05, 0) is 25.0 Å². The first-order valence-electron chi connectivity index (χ1n) is 5.91. The minimum absolute atomic E-state index is 0.135. The normalized spacial score (nSPS) is 14.6. The zero-order chi connectivity index (χ0) is 12.7. The van der Waals surface area contributed by atoms with Crippen molar-refractivity contribution in [1.82, 2.24) is 0 Å². The van der Waals surface area contributed by atoms with Gasteiger partial charge < -0.3 is 15.6 Å². The maximum absolute atomic E-state index is 10.1. The predicted octanol–water partition coefficient (Wildman–Crippen LogP) is 2.17. The first-order chi connectivity index (χ1) is 8.20. The number of hydrogen-bond acceptors (Lipinski definition) is 3. The lowest BCUT2D eigenvalue weighted by Crippen LogP contribution is -2.27. The second-order valence-electron chi connectivity index (χ2n) is 3.92. The SMILES string of the molecule is CCOCCC(O)C(CN)c1ccccc1Cl. The molecule has 96 valence electrons. The molecule has 1 aromatic rings. The highest BCUT2D eigenvalue weighted by atomic mass is 35.5. The van der Waals surface area contributed by atoms with E-state index in [1.54, 1.807) is 0 Å². The average Bonchev–Trinajstić information content (AvgIpc) is 2.33. The molecule has 2 unspecified atom stereocenters. The molecule has 0 radical (unpaired) electrons. The van der Waals surface area contributed by atoms with Crippen molar-refractivity contribution in [3.05, 3.63) is 34.9 Å². The number of aliphatic hydroxyl groups excluding tert-OH is 1. The van der Waals surface area contributed by atoms with Crippen LogP contribution in [0.25, 0.3) is 0 Å². The van der Waals surface area contributed by atoms with Crippen LogP contribution in [0.1, 0.15) is 24.8 Å². The van der Waals surface area contributed by atoms with Gasteiger partial charge in [-0.25, -0.2) is 0 Å². The number of ether oxygens (including phenoxy) is 1. The van der Waals surface area contributed by atoms with E-state index in [0.717, 1.165) is 5.56 Å². The molecule has 2 atom stereocenters. The minimum atomic E-state index is -0.522. The number of aliphatic hydroxyl groups is 1. The van der Waals surface area contributed by atoms with Crippen LogP contribution in [-0.4, -0.2) is 31.0 Å². The summed E-state index contributed by atoms with van der Waals surface area (Å²) in [6.45, 7) is 3.50. The summed E-state index contributed by atoms with van der Waals surface area (Å²) in [6.07, 6.45) is 0.0486. The van der Waals surface area contributed by atoms with E-state index in [1.165, 1.54) is 0 Å². The first kappa shape index (κ1) is 14.5. The molecule has 0 bridgehead atoms. The number of rotatable bonds is 7. The van der Waals surface area contributed by atoms with Gasteiger partial charge in [0.1, 0.15) is 0 Å². The smallest absolute Gasteiger partial charge is 0.0643 e. The van der Waals surface area contributed by atoms with Gasteiger partial charge in [0, 0.05) is 30.7 Å². The lowest BCUT2D eigenvalue weighted by Gasteiger charge is -2.22. The Bertz CT molecular complexity index is 333. The van der Waals surface area contributed by atoms with Crippen molar-refractivity contribution in [2.24, 2.45) is 5.73 Å². The van der Waals surface area contributed by atoms with E-state index >= 15 is 0 Å². The van der Waals surface area contributed by atoms with E-state index in [-0.39, 0.29) is 5.92 Å². The summed E-state index contributed by atoms with van der Waals surface area (Å²) >= 11 is 6.11. The van der Waals surface area contributed by atoms with Crippen LogP contribution in [0, 0.1) is 0 Å². The van der Waals surface area contributed by atoms with Crippen molar-refractivity contribution in [2.45, 2.75) is 25.4 Å². The summed E-state index contributed by atoms with van der Waals surface area (Å²) in [5.41, 5.74) is 6.62. The van der Waals surface area contributed by atoms with Crippen LogP contribution in [0.2, 0.25) is 5.02 Å². The quantitative estimate of drug-likeness (QED) is 0.736. The van der Waals surface area contributed by atoms with Gasteiger partial charge in [-0.2, -0.15) is 0 Å². The van der Waals surface area contributed by atoms with Crippen LogP contribution in [0.3, 0.4) is 0 Å². The van der Waals surface area contributed by atoms with Gasteiger partial charge >= 0.3 is 0 Å². The predicted molar refractivity (Wildman–Crippen MR) is 70.4 cm³/mol. The molecule has 17 heavy (non-hydrogen) atoms. The molecular formula is C13H20ClNO2. The summed E-state index contributed by atoms with van der Waals surface area (Å²) in [7, 11) is 0. The Balaban J connectivity index is 2.67. The van der Waals surface area contributed by atoms with Crippen LogP contribution < -0.4 is 5.73 Å². The van der Waals surface area contributed by atoms with Crippen molar-refractivity contribution in [1.29, 1.82) is 0 Å². The third kappa shape index (κ3) is 4.28. The summed E-state index contributed by atoms with van der Waals surface area (Å²) < 4.78 is 5.23. The van der Waals surface area contributed by atoms with E-state index < -0.39 is 6.10 Å². The fourth-order valence-corrected chi connectivity index (χ4v) is 2.09. The Morgan fingerprint density at radius 3 is 2.71 bits per heavy atom. The molecule has 4 heteroatoms. The maximum Gasteiger partial charge on any atom is 0.0643 e. The molecule has 0 saturated heterocycles. The van der Waals surface area contributed by atoms with Crippen molar-refractivity contribution >= 4 is 11.6 Å². The fraction of sp³-hybridized carbons (Fsp3) is 0.538. The molecule has 0 saturated carbocycles. The first-order valence-corrected chi connectivity index (χ1v) is 6.28. The maximum atomic E-state index is 10.1. The van der Waals surface area contributed by atoms with E-state index in [1.807, 2.05) is 31.2 Å². The van der Waals surface area contributed by atoms with Gasteiger partial charge in [0.15, 0.2) is 0 Å². The van der Waals surface area contributed by atoms with Crippen LogP contribution >= 0.6 is 11.6 Å². The Labute approximate surface area is 108 Å². The molecule has 0 fully saturated rings. The third-order valence-electron chi connectivity index (χ3n) is 2.79. The molecule has 0 aromatic heterocycles. The van der Waals surface area contributed by atoms with Crippen molar-refractivity contribution < 1.29 is 9.84 Å². The molecular weight excluding hydrogens is 238 g/mol. The van der Waals surface area contributed by atoms with Crippen LogP contribution in [0.5, 0.6) is 0 Å². The highest BCUT2D eigenvalue weighted by molar-refractivity contribution is 6.31. The molecule has 3 nitrogen and oxygen atoms in total. The second kappa shape index (κ2) is 7.67. The van der Waals surface area contributed by atoms with Crippen LogP contribution in [0.15, 0.2) is 24.3 Å². The number of nitrogens with two attached hydrogens (primary N) is 1. The van der Waals surface area contributed by atoms with Crippen LogP contribution in [0.4, 0.5) is 0 Å². The van der Waals surface area contributed by atoms with Gasteiger partial charge in [0.05, 0.1) is 6.10 Å². The lowest BCUT2D eigenvalue weighted by molar-refractivity contribution is 0.0752. The molecule has 3 N–H and O–H groups in total. The van der Waals surface area contributed by atoms with Crippen molar-refractivity contribution in [3.63, 3.8) is 0 Å². The Hall–Kier alpha value is -0.610. The summed E-state index contributed by atoms with van der Waals surface area (Å²) in [6, 6.07) is 7.49. The second-order valence-corrected chi connectivity index (χ2v) is 4.32. The van der Waals surface area contributed by atoms with Gasteiger partial charge in [-0.3, -0.25) is 0 Å². The van der Waals surface area contributed by atoms with E-state index in [9.17, 15) is 5.11 Å². The fourth-order valence-electron chi connectivity index (χ4n) is 1.82. The Morgan fingerprint density at radius 2 is 2.12 bits per heavy atom. The number of halogens is 1. The lowest BCUT2D eigenvalue weighted by atomic mass is 9.92. The van der Waals surface area contributed by atoms with Crippen molar-refractivity contribution in [3.8, 4) is 0 Å². The van der Waals surface area contributed by atoms with Crippen LogP contribution in [-0.2, 0) is 4.74 Å². The monoisotopic (exact) mass is 257 g/mol. The topological polar surface area (TPSA) is 55.5 Å². The van der Waals surface area contributed by atoms with Gasteiger partial charge in [0.25, 0.3) is 0 Å². The average molecular weight is 258 g/mol. The minimum Gasteiger partial charge on any atom is -0.392 e. The highest BCUT2D eigenvalue weighted by Crippen LogP contribution is 2.27. The third-order valence-corrected chi connectivity index (χ3v) is 3.13. The van der Waals surface area contributed by atoms with Crippen molar-refractivity contribution in [2.75, 3.05) is 19.8 Å². The van der Waals surface area contributed by atoms with Gasteiger partial charge in [-0.15, -0.1) is 0 Å². The molecule has 1 aromatic carbocycles. The zero-order valence-corrected chi connectivity index (χ0v) is 10.9. The molecule has 0 aliphatic rings. The van der Waals surface area contributed by atoms with Gasteiger partial charge in [0.2, 0.25) is 0 Å². The molecule has 0 aliphatic carbocycles. The molecule has 1 rings (SSSR count). The van der Waals surface area contributed by atoms with E-state index in [0.29, 0.717) is 31.2 Å². The molecule has 0 aliphatic heterocycles. The van der Waals surface area contributed by atoms with E-state index in [2.05, 4.69) is 0 Å². The highest BCUT2D eigenvalue weighted by Gasteiger charge is 2.21.